The Morgan fingerprint density at radius 3 is 3.00 bits per heavy atom. The minimum absolute atomic E-state index is 0.111. The number of anilines is 1. The predicted molar refractivity (Wildman–Crippen MR) is 58.1 cm³/mol. The van der Waals surface area contributed by atoms with Gasteiger partial charge in [-0.25, -0.2) is 4.98 Å². The topological polar surface area (TPSA) is 49.0 Å². The van der Waals surface area contributed by atoms with E-state index in [0.29, 0.717) is 5.82 Å². The number of aromatic amines is 1. The first-order valence-electron chi connectivity index (χ1n) is 4.50. The van der Waals surface area contributed by atoms with Crippen LogP contribution in [-0.4, -0.2) is 28.9 Å². The summed E-state index contributed by atoms with van der Waals surface area (Å²) in [6.45, 7) is 2.66. The second-order valence-electron chi connectivity index (χ2n) is 3.23. The molecule has 0 bridgehead atoms. The van der Waals surface area contributed by atoms with Crippen molar-refractivity contribution in [2.45, 2.75) is 18.7 Å². The van der Waals surface area contributed by atoms with Gasteiger partial charge in [-0.15, -0.1) is 11.6 Å². The van der Waals surface area contributed by atoms with Crippen molar-refractivity contribution >= 4 is 17.4 Å². The number of hydrogen-bond acceptors (Lipinski definition) is 3. The molecule has 0 aromatic carbocycles. The lowest BCUT2D eigenvalue weighted by atomic mass is 10.3. The molecular formula is C9H14ClN3O. The molecule has 0 spiro atoms. The largest absolute Gasteiger partial charge is 0.355 e. The summed E-state index contributed by atoms with van der Waals surface area (Å²) in [7, 11) is 1.83. The zero-order chi connectivity index (χ0) is 10.6. The van der Waals surface area contributed by atoms with Crippen LogP contribution in [0.3, 0.4) is 0 Å². The van der Waals surface area contributed by atoms with Crippen LogP contribution in [-0.2, 0) is 0 Å². The monoisotopic (exact) mass is 215 g/mol. The third-order valence-corrected chi connectivity index (χ3v) is 2.13. The Labute approximate surface area is 87.9 Å². The lowest BCUT2D eigenvalue weighted by Crippen LogP contribution is -2.28. The lowest BCUT2D eigenvalue weighted by Gasteiger charge is -2.17. The van der Waals surface area contributed by atoms with Crippen LogP contribution >= 0.6 is 11.6 Å². The van der Waals surface area contributed by atoms with E-state index in [9.17, 15) is 4.79 Å². The van der Waals surface area contributed by atoms with E-state index < -0.39 is 0 Å². The second kappa shape index (κ2) is 5.00. The average molecular weight is 216 g/mol. The molecule has 1 aromatic rings. The summed E-state index contributed by atoms with van der Waals surface area (Å²) >= 11 is 5.82. The molecule has 1 atom stereocenters. The van der Waals surface area contributed by atoms with E-state index in [2.05, 4.69) is 9.97 Å². The Hall–Kier alpha value is -1.03. The van der Waals surface area contributed by atoms with Crippen LogP contribution in [0.5, 0.6) is 0 Å². The van der Waals surface area contributed by atoms with E-state index in [4.69, 9.17) is 11.6 Å². The van der Waals surface area contributed by atoms with Crippen molar-refractivity contribution in [1.82, 2.24) is 9.97 Å². The van der Waals surface area contributed by atoms with E-state index >= 15 is 0 Å². The van der Waals surface area contributed by atoms with Crippen molar-refractivity contribution in [2.75, 3.05) is 18.5 Å². The highest BCUT2D eigenvalue weighted by Gasteiger charge is 2.07. The molecule has 0 radical (unpaired) electrons. The molecule has 5 heteroatoms. The fraction of sp³-hybridized carbons (Fsp3) is 0.556. The van der Waals surface area contributed by atoms with E-state index in [1.165, 1.54) is 6.20 Å². The molecular weight excluding hydrogens is 202 g/mol. The van der Waals surface area contributed by atoms with Crippen LogP contribution in [0.25, 0.3) is 0 Å². The predicted octanol–water partition coefficient (Wildman–Crippen LogP) is 1.22. The molecule has 1 heterocycles. The van der Waals surface area contributed by atoms with Gasteiger partial charge in [-0.1, -0.05) is 0 Å². The quantitative estimate of drug-likeness (QED) is 0.769. The van der Waals surface area contributed by atoms with E-state index in [-0.39, 0.29) is 10.9 Å². The Morgan fingerprint density at radius 2 is 2.43 bits per heavy atom. The third kappa shape index (κ3) is 3.03. The van der Waals surface area contributed by atoms with Gasteiger partial charge in [-0.05, 0) is 13.3 Å². The number of H-pyrrole nitrogens is 1. The Bertz CT molecular complexity index is 337. The highest BCUT2D eigenvalue weighted by Crippen LogP contribution is 2.04. The van der Waals surface area contributed by atoms with Crippen LogP contribution in [0.1, 0.15) is 13.3 Å². The second-order valence-corrected chi connectivity index (χ2v) is 3.98. The lowest BCUT2D eigenvalue weighted by molar-refractivity contribution is 0.760. The van der Waals surface area contributed by atoms with Crippen molar-refractivity contribution in [1.29, 1.82) is 0 Å². The van der Waals surface area contributed by atoms with E-state index in [1.807, 2.05) is 14.0 Å². The number of aromatic nitrogens is 2. The van der Waals surface area contributed by atoms with Gasteiger partial charge >= 0.3 is 0 Å². The number of rotatable bonds is 4. The molecule has 1 unspecified atom stereocenters. The number of hydrogen-bond donors (Lipinski definition) is 1. The first-order chi connectivity index (χ1) is 6.61. The van der Waals surface area contributed by atoms with Crippen LogP contribution in [0, 0.1) is 0 Å². The smallest absolute Gasteiger partial charge is 0.290 e. The van der Waals surface area contributed by atoms with Crippen molar-refractivity contribution in [3.05, 3.63) is 22.7 Å². The van der Waals surface area contributed by atoms with Gasteiger partial charge in [0.25, 0.3) is 5.56 Å². The van der Waals surface area contributed by atoms with E-state index in [1.54, 1.807) is 11.1 Å². The maximum Gasteiger partial charge on any atom is 0.290 e. The van der Waals surface area contributed by atoms with Gasteiger partial charge in [-0.2, -0.15) is 0 Å². The van der Waals surface area contributed by atoms with Crippen molar-refractivity contribution < 1.29 is 0 Å². The fourth-order valence-electron chi connectivity index (χ4n) is 1.09. The Balaban J connectivity index is 2.65. The molecule has 0 amide bonds. The maximum atomic E-state index is 11.3. The summed E-state index contributed by atoms with van der Waals surface area (Å²) in [6, 6.07) is 0. The van der Waals surface area contributed by atoms with Gasteiger partial charge in [0, 0.05) is 31.4 Å². The van der Waals surface area contributed by atoms with Crippen LogP contribution in [0.2, 0.25) is 0 Å². The zero-order valence-electron chi connectivity index (χ0n) is 8.33. The molecule has 0 saturated heterocycles. The summed E-state index contributed by atoms with van der Waals surface area (Å²) in [4.78, 5) is 19.7. The molecule has 0 aliphatic rings. The third-order valence-electron chi connectivity index (χ3n) is 1.91. The first kappa shape index (κ1) is 11.0. The summed E-state index contributed by atoms with van der Waals surface area (Å²) < 4.78 is 0. The van der Waals surface area contributed by atoms with Gasteiger partial charge in [-0.3, -0.25) is 4.79 Å². The Morgan fingerprint density at radius 1 is 1.71 bits per heavy atom. The Kier molecular flexibility index (Phi) is 3.95. The van der Waals surface area contributed by atoms with Crippen molar-refractivity contribution in [3.8, 4) is 0 Å². The molecule has 1 aromatic heterocycles. The standard InChI is InChI=1S/C9H14ClN3O/c1-7(10)3-6-13(2)8-9(14)12-5-4-11-8/h4-5,7H,3,6H2,1-2H3,(H,12,14). The maximum absolute atomic E-state index is 11.3. The van der Waals surface area contributed by atoms with Gasteiger partial charge < -0.3 is 9.88 Å². The van der Waals surface area contributed by atoms with Crippen molar-refractivity contribution in [3.63, 3.8) is 0 Å². The van der Waals surface area contributed by atoms with Crippen LogP contribution in [0.4, 0.5) is 5.82 Å². The fourth-order valence-corrected chi connectivity index (χ4v) is 1.19. The molecule has 4 nitrogen and oxygen atoms in total. The molecule has 1 rings (SSSR count). The summed E-state index contributed by atoms with van der Waals surface area (Å²) in [5.74, 6) is 0.435. The number of nitrogens with one attached hydrogen (secondary N) is 1. The normalized spacial score (nSPS) is 12.5. The molecule has 1 N–H and O–H groups in total. The highest BCUT2D eigenvalue weighted by atomic mass is 35.5. The zero-order valence-corrected chi connectivity index (χ0v) is 9.08. The minimum Gasteiger partial charge on any atom is -0.355 e. The SMILES string of the molecule is CC(Cl)CCN(C)c1ncc[nH]c1=O. The molecule has 0 aliphatic carbocycles. The summed E-state index contributed by atoms with van der Waals surface area (Å²) in [5.41, 5.74) is -0.169. The molecule has 0 fully saturated rings. The van der Waals surface area contributed by atoms with Crippen molar-refractivity contribution in [2.24, 2.45) is 0 Å². The van der Waals surface area contributed by atoms with Gasteiger partial charge in [0.05, 0.1) is 0 Å². The van der Waals surface area contributed by atoms with Crippen LogP contribution in [0.15, 0.2) is 17.2 Å². The first-order valence-corrected chi connectivity index (χ1v) is 4.94. The van der Waals surface area contributed by atoms with Crippen LogP contribution < -0.4 is 10.5 Å². The summed E-state index contributed by atoms with van der Waals surface area (Å²) in [6.07, 6.45) is 3.91. The minimum atomic E-state index is -0.169. The van der Waals surface area contributed by atoms with Gasteiger partial charge in [0.1, 0.15) is 0 Å². The van der Waals surface area contributed by atoms with Gasteiger partial charge in [0.15, 0.2) is 5.82 Å². The number of nitrogens with zero attached hydrogens (tertiary/aromatic N) is 2. The molecule has 0 saturated carbocycles. The molecule has 78 valence electrons. The summed E-state index contributed by atoms with van der Waals surface area (Å²) in [5, 5.41) is 0.111. The average Bonchev–Trinajstić information content (AvgIpc) is 2.15. The molecule has 14 heavy (non-hydrogen) atoms. The van der Waals surface area contributed by atoms with E-state index in [0.717, 1.165) is 13.0 Å². The molecule has 0 aliphatic heterocycles. The number of halogens is 1. The number of alkyl halides is 1. The van der Waals surface area contributed by atoms with Gasteiger partial charge in [0.2, 0.25) is 0 Å². The highest BCUT2D eigenvalue weighted by molar-refractivity contribution is 6.20.